The molecule has 10 nitrogen and oxygen atoms in total. The third-order valence-electron chi connectivity index (χ3n) is 6.52. The van der Waals surface area contributed by atoms with Crippen LogP contribution in [-0.4, -0.2) is 58.0 Å². The molecule has 2 N–H and O–H groups in total. The summed E-state index contributed by atoms with van der Waals surface area (Å²) in [6.45, 7) is 6.18. The van der Waals surface area contributed by atoms with Crippen LogP contribution in [0.3, 0.4) is 0 Å². The van der Waals surface area contributed by atoms with Gasteiger partial charge in [-0.15, -0.1) is 11.3 Å². The number of carbonyl (C=O) groups excluding carboxylic acids is 3. The zero-order chi connectivity index (χ0) is 28.9. The van der Waals surface area contributed by atoms with E-state index in [4.69, 9.17) is 4.74 Å². The van der Waals surface area contributed by atoms with Crippen molar-refractivity contribution in [2.75, 3.05) is 36.4 Å². The van der Waals surface area contributed by atoms with Crippen LogP contribution in [0.4, 0.5) is 15.5 Å². The van der Waals surface area contributed by atoms with Crippen LogP contribution in [0.1, 0.15) is 51.4 Å². The van der Waals surface area contributed by atoms with E-state index in [1.54, 1.807) is 37.3 Å². The Morgan fingerprint density at radius 3 is 2.38 bits per heavy atom. The Balaban J connectivity index is 1.57. The third-order valence-corrected chi connectivity index (χ3v) is 9.45. The molecule has 0 saturated carbocycles. The molecular weight excluding hydrogens is 552 g/mol. The lowest BCUT2D eigenvalue weighted by molar-refractivity contribution is 0.0924. The first-order valence-electron chi connectivity index (χ1n) is 13.0. The smallest absolute Gasteiger partial charge is 0.414 e. The fourth-order valence-corrected chi connectivity index (χ4v) is 6.98. The number of amides is 3. The standard InChI is InChI=1S/C28H32N4O6S2/c1-4-16-32-17-15-22-23(18-32)39-27(24(22)26(34)30-28(35)38-5-2)29-25(33)19-11-13-21(14-12-19)40(36,37)31(3)20-9-7-6-8-10-20/h6-14H,4-5,15-18H2,1-3H3,(H,29,33)(H,30,34,35). The number of nitrogens with one attached hydrogen (secondary N) is 2. The number of nitrogens with zero attached hydrogens (tertiary/aromatic N) is 2. The van der Waals surface area contributed by atoms with Gasteiger partial charge in [0.1, 0.15) is 5.00 Å². The van der Waals surface area contributed by atoms with Crippen molar-refractivity contribution in [3.63, 3.8) is 0 Å². The Labute approximate surface area is 238 Å². The van der Waals surface area contributed by atoms with Crippen LogP contribution in [0.15, 0.2) is 59.5 Å². The molecule has 0 aliphatic carbocycles. The monoisotopic (exact) mass is 584 g/mol. The summed E-state index contributed by atoms with van der Waals surface area (Å²) in [5.74, 6) is -1.14. The second-order valence-electron chi connectivity index (χ2n) is 9.20. The largest absolute Gasteiger partial charge is 0.450 e. The van der Waals surface area contributed by atoms with Crippen molar-refractivity contribution in [2.45, 2.75) is 38.1 Å². The summed E-state index contributed by atoms with van der Waals surface area (Å²) in [7, 11) is -2.37. The summed E-state index contributed by atoms with van der Waals surface area (Å²) in [6.07, 6.45) is 0.743. The van der Waals surface area contributed by atoms with Gasteiger partial charge in [0, 0.05) is 30.6 Å². The van der Waals surface area contributed by atoms with Gasteiger partial charge >= 0.3 is 6.09 Å². The minimum Gasteiger partial charge on any atom is -0.450 e. The Morgan fingerprint density at radius 2 is 1.73 bits per heavy atom. The topological polar surface area (TPSA) is 125 Å². The number of anilines is 2. The highest BCUT2D eigenvalue weighted by Gasteiger charge is 2.30. The van der Waals surface area contributed by atoms with Gasteiger partial charge in [0.25, 0.3) is 21.8 Å². The van der Waals surface area contributed by atoms with Crippen molar-refractivity contribution in [1.29, 1.82) is 0 Å². The zero-order valence-corrected chi connectivity index (χ0v) is 24.2. The Kier molecular flexibility index (Phi) is 9.23. The number of benzene rings is 2. The molecule has 2 aromatic carbocycles. The summed E-state index contributed by atoms with van der Waals surface area (Å²) in [6, 6.07) is 14.3. The molecule has 0 unspecified atom stereocenters. The van der Waals surface area contributed by atoms with Crippen LogP contribution < -0.4 is 14.9 Å². The van der Waals surface area contributed by atoms with E-state index in [2.05, 4.69) is 22.5 Å². The highest BCUT2D eigenvalue weighted by Crippen LogP contribution is 2.37. The third kappa shape index (κ3) is 6.35. The van der Waals surface area contributed by atoms with Crippen molar-refractivity contribution < 1.29 is 27.5 Å². The first-order valence-corrected chi connectivity index (χ1v) is 15.2. The molecule has 0 bridgehead atoms. The Morgan fingerprint density at radius 1 is 1.02 bits per heavy atom. The molecule has 3 amide bonds. The number of fused-ring (bicyclic) bond motifs is 1. The summed E-state index contributed by atoms with van der Waals surface area (Å²) >= 11 is 1.30. The molecule has 12 heteroatoms. The lowest BCUT2D eigenvalue weighted by atomic mass is 10.0. The quantitative estimate of drug-likeness (QED) is 0.380. The first kappa shape index (κ1) is 29.2. The number of imide groups is 1. The molecule has 40 heavy (non-hydrogen) atoms. The van der Waals surface area contributed by atoms with Crippen molar-refractivity contribution in [3.05, 3.63) is 76.2 Å². The van der Waals surface area contributed by atoms with Crippen LogP contribution in [0.2, 0.25) is 0 Å². The van der Waals surface area contributed by atoms with Gasteiger partial charge in [0.2, 0.25) is 0 Å². The molecule has 1 aliphatic heterocycles. The fourth-order valence-electron chi connectivity index (χ4n) is 4.50. The molecule has 4 rings (SSSR count). The Bertz CT molecular complexity index is 1490. The summed E-state index contributed by atoms with van der Waals surface area (Å²) in [5.41, 5.74) is 1.79. The molecule has 2 heterocycles. The van der Waals surface area contributed by atoms with Crippen molar-refractivity contribution in [1.82, 2.24) is 10.2 Å². The highest BCUT2D eigenvalue weighted by molar-refractivity contribution is 7.92. The fraction of sp³-hybridized carbons (Fsp3) is 0.321. The number of hydrogen-bond donors (Lipinski definition) is 2. The second kappa shape index (κ2) is 12.6. The minimum absolute atomic E-state index is 0.0347. The van der Waals surface area contributed by atoms with Crippen molar-refractivity contribution in [3.8, 4) is 0 Å². The molecule has 0 atom stereocenters. The van der Waals surface area contributed by atoms with E-state index in [9.17, 15) is 22.8 Å². The maximum atomic E-state index is 13.2. The summed E-state index contributed by atoms with van der Waals surface area (Å²) in [5, 5.41) is 5.38. The maximum absolute atomic E-state index is 13.2. The second-order valence-corrected chi connectivity index (χ2v) is 12.3. The van der Waals surface area contributed by atoms with Crippen LogP contribution in [0, 0.1) is 0 Å². The molecule has 1 aromatic heterocycles. The number of sulfonamides is 1. The van der Waals surface area contributed by atoms with Gasteiger partial charge < -0.3 is 10.1 Å². The maximum Gasteiger partial charge on any atom is 0.414 e. The van der Waals surface area contributed by atoms with Crippen LogP contribution in [0.5, 0.6) is 0 Å². The molecule has 0 fully saturated rings. The van der Waals surface area contributed by atoms with E-state index in [0.29, 0.717) is 23.7 Å². The average Bonchev–Trinajstić information content (AvgIpc) is 3.30. The van der Waals surface area contributed by atoms with Gasteiger partial charge in [-0.25, -0.2) is 13.2 Å². The number of para-hydroxylation sites is 1. The minimum atomic E-state index is -3.84. The summed E-state index contributed by atoms with van der Waals surface area (Å²) < 4.78 is 32.2. The van der Waals surface area contributed by atoms with Crippen LogP contribution >= 0.6 is 11.3 Å². The molecule has 1 aliphatic rings. The zero-order valence-electron chi connectivity index (χ0n) is 22.6. The molecule has 212 valence electrons. The van der Waals surface area contributed by atoms with E-state index in [1.165, 1.54) is 47.0 Å². The normalized spacial score (nSPS) is 13.3. The Hall–Kier alpha value is -3.74. The van der Waals surface area contributed by atoms with E-state index in [1.807, 2.05) is 0 Å². The number of alkyl carbamates (subject to hydrolysis) is 1. The van der Waals surface area contributed by atoms with Crippen molar-refractivity contribution >= 4 is 50.0 Å². The van der Waals surface area contributed by atoms with Crippen molar-refractivity contribution in [2.24, 2.45) is 0 Å². The number of rotatable bonds is 9. The molecular formula is C28H32N4O6S2. The average molecular weight is 585 g/mol. The van der Waals surface area contributed by atoms with Gasteiger partial charge in [0.15, 0.2) is 0 Å². The van der Waals surface area contributed by atoms with Gasteiger partial charge in [-0.2, -0.15) is 0 Å². The molecule has 0 saturated heterocycles. The number of thiophene rings is 1. The van der Waals surface area contributed by atoms with E-state index >= 15 is 0 Å². The SMILES string of the molecule is CCCN1CCc2c(sc(NC(=O)c3ccc(S(=O)(=O)N(C)c4ccccc4)cc3)c2C(=O)NC(=O)OCC)C1. The number of carbonyl (C=O) groups is 3. The lowest BCUT2D eigenvalue weighted by Gasteiger charge is -2.26. The highest BCUT2D eigenvalue weighted by atomic mass is 32.2. The first-order chi connectivity index (χ1) is 19.1. The predicted octanol–water partition coefficient (Wildman–Crippen LogP) is 4.48. The number of ether oxygens (including phenoxy) is 1. The van der Waals surface area contributed by atoms with E-state index in [0.717, 1.165) is 30.0 Å². The van der Waals surface area contributed by atoms with Crippen LogP contribution in [0.25, 0.3) is 0 Å². The van der Waals surface area contributed by atoms with Gasteiger partial charge in [-0.1, -0.05) is 25.1 Å². The van der Waals surface area contributed by atoms with Gasteiger partial charge in [0.05, 0.1) is 22.8 Å². The molecule has 3 aromatic rings. The molecule has 0 spiro atoms. The molecule has 0 radical (unpaired) electrons. The van der Waals surface area contributed by atoms with Gasteiger partial charge in [-0.3, -0.25) is 24.1 Å². The number of hydrogen-bond acceptors (Lipinski definition) is 8. The van der Waals surface area contributed by atoms with E-state index in [-0.39, 0.29) is 22.6 Å². The lowest BCUT2D eigenvalue weighted by Crippen LogP contribution is -2.34. The van der Waals surface area contributed by atoms with E-state index < -0.39 is 27.9 Å². The van der Waals surface area contributed by atoms with Gasteiger partial charge in [-0.05, 0) is 68.3 Å². The predicted molar refractivity (Wildman–Crippen MR) is 155 cm³/mol. The summed E-state index contributed by atoms with van der Waals surface area (Å²) in [4.78, 5) is 41.5. The van der Waals surface area contributed by atoms with Crippen LogP contribution in [-0.2, 0) is 27.7 Å².